The number of carbonyl (C=O) groups excluding carboxylic acids is 1. The van der Waals surface area contributed by atoms with E-state index in [9.17, 15) is 4.79 Å². The molecule has 0 aliphatic rings. The summed E-state index contributed by atoms with van der Waals surface area (Å²) in [6.45, 7) is 1.13. The Morgan fingerprint density at radius 2 is 2.26 bits per heavy atom. The van der Waals surface area contributed by atoms with Crippen molar-refractivity contribution in [1.82, 2.24) is 4.90 Å². The fourth-order valence-corrected chi connectivity index (χ4v) is 1.59. The number of aliphatic hydroxyl groups excluding tert-OH is 1. The number of amides is 1. The van der Waals surface area contributed by atoms with Crippen LogP contribution in [-0.4, -0.2) is 49.3 Å². The highest BCUT2D eigenvalue weighted by Gasteiger charge is 2.09. The lowest BCUT2D eigenvalue weighted by atomic mass is 10.2. The molecule has 1 amide bonds. The van der Waals surface area contributed by atoms with Crippen molar-refractivity contribution >= 4 is 17.7 Å². The summed E-state index contributed by atoms with van der Waals surface area (Å²) in [5, 5.41) is 8.93. The largest absolute Gasteiger partial charge is 0.399 e. The van der Waals surface area contributed by atoms with E-state index in [1.54, 1.807) is 25.3 Å². The van der Waals surface area contributed by atoms with Gasteiger partial charge in [0.15, 0.2) is 0 Å². The fraction of sp³-hybridized carbons (Fsp3) is 0.357. The first-order valence-electron chi connectivity index (χ1n) is 6.09. The Morgan fingerprint density at radius 1 is 1.47 bits per heavy atom. The second kappa shape index (κ2) is 8.29. The van der Waals surface area contributed by atoms with Crippen LogP contribution in [0.5, 0.6) is 0 Å². The molecule has 0 saturated heterocycles. The smallest absolute Gasteiger partial charge is 0.246 e. The standard InChI is InChI=1S/C14H20N2O3/c1-19-10-8-16(7-9-17)14(18)6-5-12-3-2-4-13(15)11-12/h2-6,11,17H,7-10,15H2,1H3/b6-5+. The van der Waals surface area contributed by atoms with Gasteiger partial charge in [0.05, 0.1) is 13.2 Å². The van der Waals surface area contributed by atoms with E-state index in [4.69, 9.17) is 15.6 Å². The molecule has 0 aromatic heterocycles. The number of nitrogens with zero attached hydrogens (tertiary/aromatic N) is 1. The van der Waals surface area contributed by atoms with Crippen LogP contribution in [0.1, 0.15) is 5.56 Å². The summed E-state index contributed by atoms with van der Waals surface area (Å²) in [5.74, 6) is -0.159. The molecule has 1 aromatic rings. The third-order valence-electron chi connectivity index (χ3n) is 2.58. The summed E-state index contributed by atoms with van der Waals surface area (Å²) < 4.78 is 4.93. The summed E-state index contributed by atoms with van der Waals surface area (Å²) in [6.07, 6.45) is 3.18. The molecule has 0 fully saturated rings. The van der Waals surface area contributed by atoms with Gasteiger partial charge in [-0.05, 0) is 23.8 Å². The number of nitrogens with two attached hydrogens (primary N) is 1. The highest BCUT2D eigenvalue weighted by atomic mass is 16.5. The van der Waals surface area contributed by atoms with Gasteiger partial charge in [0.1, 0.15) is 0 Å². The van der Waals surface area contributed by atoms with Gasteiger partial charge in [-0.3, -0.25) is 4.79 Å². The summed E-state index contributed by atoms with van der Waals surface area (Å²) >= 11 is 0. The Labute approximate surface area is 113 Å². The molecule has 19 heavy (non-hydrogen) atoms. The van der Waals surface area contributed by atoms with E-state index >= 15 is 0 Å². The van der Waals surface area contributed by atoms with Crippen molar-refractivity contribution in [3.8, 4) is 0 Å². The maximum Gasteiger partial charge on any atom is 0.246 e. The molecular formula is C14H20N2O3. The molecule has 0 radical (unpaired) electrons. The van der Waals surface area contributed by atoms with Crippen LogP contribution in [0.3, 0.4) is 0 Å². The van der Waals surface area contributed by atoms with E-state index in [1.165, 1.54) is 11.0 Å². The fourth-order valence-electron chi connectivity index (χ4n) is 1.59. The predicted molar refractivity (Wildman–Crippen MR) is 75.4 cm³/mol. The molecule has 0 atom stereocenters. The summed E-state index contributed by atoms with van der Waals surface area (Å²) in [4.78, 5) is 13.5. The number of methoxy groups -OCH3 is 1. The minimum absolute atomic E-state index is 0.0679. The molecular weight excluding hydrogens is 244 g/mol. The minimum Gasteiger partial charge on any atom is -0.399 e. The molecule has 0 aliphatic heterocycles. The summed E-state index contributed by atoms with van der Waals surface area (Å²) in [6, 6.07) is 7.27. The Kier molecular flexibility index (Phi) is 6.63. The van der Waals surface area contributed by atoms with Crippen molar-refractivity contribution in [1.29, 1.82) is 0 Å². The highest BCUT2D eigenvalue weighted by Crippen LogP contribution is 2.08. The van der Waals surface area contributed by atoms with Gasteiger partial charge in [-0.2, -0.15) is 0 Å². The lowest BCUT2D eigenvalue weighted by Gasteiger charge is -2.19. The number of benzene rings is 1. The molecule has 3 N–H and O–H groups in total. The lowest BCUT2D eigenvalue weighted by molar-refractivity contribution is -0.127. The number of aliphatic hydroxyl groups is 1. The van der Waals surface area contributed by atoms with Gasteiger partial charge in [-0.25, -0.2) is 0 Å². The van der Waals surface area contributed by atoms with Crippen LogP contribution in [0.25, 0.3) is 6.08 Å². The van der Waals surface area contributed by atoms with E-state index in [2.05, 4.69) is 0 Å². The lowest BCUT2D eigenvalue weighted by Crippen LogP contribution is -2.34. The summed E-state index contributed by atoms with van der Waals surface area (Å²) in [5.41, 5.74) is 7.18. The average Bonchev–Trinajstić information content (AvgIpc) is 2.41. The minimum atomic E-state index is -0.159. The number of rotatable bonds is 7. The van der Waals surface area contributed by atoms with E-state index in [0.29, 0.717) is 25.4 Å². The van der Waals surface area contributed by atoms with Gasteiger partial charge in [0, 0.05) is 32.0 Å². The van der Waals surface area contributed by atoms with Crippen LogP contribution >= 0.6 is 0 Å². The molecule has 1 aromatic carbocycles. The van der Waals surface area contributed by atoms with Crippen LogP contribution in [-0.2, 0) is 9.53 Å². The van der Waals surface area contributed by atoms with Crippen molar-refractivity contribution in [3.05, 3.63) is 35.9 Å². The van der Waals surface area contributed by atoms with Crippen LogP contribution in [0.15, 0.2) is 30.3 Å². The number of nitrogen functional groups attached to an aromatic ring is 1. The van der Waals surface area contributed by atoms with E-state index in [1.807, 2.05) is 12.1 Å². The Bertz CT molecular complexity index is 432. The van der Waals surface area contributed by atoms with Crippen LogP contribution in [0.2, 0.25) is 0 Å². The molecule has 0 spiro atoms. The van der Waals surface area contributed by atoms with Crippen LogP contribution < -0.4 is 5.73 Å². The van der Waals surface area contributed by atoms with Gasteiger partial charge >= 0.3 is 0 Å². The maximum atomic E-state index is 11.9. The number of ether oxygens (including phenoxy) is 1. The molecule has 0 heterocycles. The third-order valence-corrected chi connectivity index (χ3v) is 2.58. The zero-order valence-corrected chi connectivity index (χ0v) is 11.1. The van der Waals surface area contributed by atoms with E-state index in [0.717, 1.165) is 5.56 Å². The summed E-state index contributed by atoms with van der Waals surface area (Å²) in [7, 11) is 1.57. The number of hydrogen-bond acceptors (Lipinski definition) is 4. The molecule has 0 saturated carbocycles. The molecule has 5 heteroatoms. The topological polar surface area (TPSA) is 75.8 Å². The predicted octanol–water partition coefficient (Wildman–Crippen LogP) is 0.749. The van der Waals surface area contributed by atoms with Gasteiger partial charge in [0.2, 0.25) is 5.91 Å². The molecule has 0 unspecified atom stereocenters. The van der Waals surface area contributed by atoms with E-state index < -0.39 is 0 Å². The quantitative estimate of drug-likeness (QED) is 0.563. The normalized spacial score (nSPS) is 10.8. The van der Waals surface area contributed by atoms with Gasteiger partial charge in [-0.15, -0.1) is 0 Å². The molecule has 5 nitrogen and oxygen atoms in total. The Morgan fingerprint density at radius 3 is 2.89 bits per heavy atom. The number of anilines is 1. The monoisotopic (exact) mass is 264 g/mol. The molecule has 0 aliphatic carbocycles. The maximum absolute atomic E-state index is 11.9. The van der Waals surface area contributed by atoms with Crippen molar-refractivity contribution in [2.75, 3.05) is 39.1 Å². The molecule has 104 valence electrons. The first kappa shape index (κ1) is 15.2. The highest BCUT2D eigenvalue weighted by molar-refractivity contribution is 5.91. The van der Waals surface area contributed by atoms with Crippen molar-refractivity contribution in [3.63, 3.8) is 0 Å². The first-order valence-corrected chi connectivity index (χ1v) is 6.09. The second-order valence-corrected chi connectivity index (χ2v) is 4.05. The zero-order valence-electron chi connectivity index (χ0n) is 11.1. The third kappa shape index (κ3) is 5.54. The van der Waals surface area contributed by atoms with Crippen molar-refractivity contribution in [2.24, 2.45) is 0 Å². The molecule has 1 rings (SSSR count). The van der Waals surface area contributed by atoms with Crippen LogP contribution in [0.4, 0.5) is 5.69 Å². The van der Waals surface area contributed by atoms with Crippen LogP contribution in [0, 0.1) is 0 Å². The Balaban J connectivity index is 2.64. The zero-order chi connectivity index (χ0) is 14.1. The van der Waals surface area contributed by atoms with Crippen molar-refractivity contribution < 1.29 is 14.6 Å². The molecule has 0 bridgehead atoms. The van der Waals surface area contributed by atoms with Crippen molar-refractivity contribution in [2.45, 2.75) is 0 Å². The van der Waals surface area contributed by atoms with Gasteiger partial charge in [0.25, 0.3) is 0 Å². The number of hydrogen-bond donors (Lipinski definition) is 2. The van der Waals surface area contributed by atoms with Gasteiger partial charge < -0.3 is 20.5 Å². The van der Waals surface area contributed by atoms with E-state index in [-0.39, 0.29) is 12.5 Å². The Hall–Kier alpha value is -1.85. The van der Waals surface area contributed by atoms with Gasteiger partial charge in [-0.1, -0.05) is 12.1 Å². The SMILES string of the molecule is COCCN(CCO)C(=O)/C=C/c1cccc(N)c1. The first-order chi connectivity index (χ1) is 9.17. The number of carbonyl (C=O) groups is 1. The second-order valence-electron chi connectivity index (χ2n) is 4.05. The average molecular weight is 264 g/mol.